The summed E-state index contributed by atoms with van der Waals surface area (Å²) in [5.41, 5.74) is 2.45. The van der Waals surface area contributed by atoms with E-state index in [0.29, 0.717) is 16.3 Å². The van der Waals surface area contributed by atoms with Gasteiger partial charge in [-0.25, -0.2) is 4.79 Å². The summed E-state index contributed by atoms with van der Waals surface area (Å²) in [6.45, 7) is 1.37. The minimum Gasteiger partial charge on any atom is -0.452 e. The first kappa shape index (κ1) is 22.2. The molecule has 1 aliphatic rings. The number of anilines is 1. The molecule has 0 saturated heterocycles. The van der Waals surface area contributed by atoms with Crippen molar-refractivity contribution in [2.75, 3.05) is 11.9 Å². The number of fused-ring (bicyclic) bond motifs is 1. The molecule has 0 radical (unpaired) electrons. The van der Waals surface area contributed by atoms with Gasteiger partial charge >= 0.3 is 5.97 Å². The Morgan fingerprint density at radius 1 is 0.939 bits per heavy atom. The van der Waals surface area contributed by atoms with Gasteiger partial charge in [0.15, 0.2) is 6.61 Å². The van der Waals surface area contributed by atoms with Crippen LogP contribution in [0.5, 0.6) is 0 Å². The Balaban J connectivity index is 1.41. The Morgan fingerprint density at radius 3 is 2.42 bits per heavy atom. The maximum Gasteiger partial charge on any atom is 0.338 e. The van der Waals surface area contributed by atoms with Crippen LogP contribution in [0.4, 0.5) is 5.69 Å². The number of rotatable bonds is 6. The van der Waals surface area contributed by atoms with E-state index in [9.17, 15) is 19.2 Å². The van der Waals surface area contributed by atoms with Crippen LogP contribution in [0, 0.1) is 6.92 Å². The molecule has 0 aliphatic carbocycles. The van der Waals surface area contributed by atoms with Crippen LogP contribution in [0.3, 0.4) is 0 Å². The molecule has 0 bridgehead atoms. The van der Waals surface area contributed by atoms with E-state index in [1.807, 2.05) is 30.3 Å². The molecule has 1 aliphatic heterocycles. The van der Waals surface area contributed by atoms with Gasteiger partial charge in [0.1, 0.15) is 0 Å². The zero-order chi connectivity index (χ0) is 23.5. The Morgan fingerprint density at radius 2 is 1.67 bits per heavy atom. The third-order valence-electron chi connectivity index (χ3n) is 5.27. The summed E-state index contributed by atoms with van der Waals surface area (Å²) in [6.07, 6.45) is 0. The summed E-state index contributed by atoms with van der Waals surface area (Å²) in [5.74, 6) is -2.22. The molecule has 0 aromatic heterocycles. The summed E-state index contributed by atoms with van der Waals surface area (Å²) < 4.78 is 5.08. The number of nitrogens with zero attached hydrogens (tertiary/aromatic N) is 1. The number of halogens is 1. The summed E-state index contributed by atoms with van der Waals surface area (Å²) in [6, 6.07) is 18.4. The number of esters is 1. The SMILES string of the molecule is Cc1c(Cl)cccc1NC(=O)COC(=O)c1ccc2c(c1)C(=O)N(Cc1ccccc1)C2=O. The van der Waals surface area contributed by atoms with Gasteiger partial charge in [0, 0.05) is 10.7 Å². The molecule has 1 N–H and O–H groups in total. The van der Waals surface area contributed by atoms with Crippen molar-refractivity contribution in [1.29, 1.82) is 0 Å². The highest BCUT2D eigenvalue weighted by Gasteiger charge is 2.36. The average molecular weight is 463 g/mol. The molecule has 4 rings (SSSR count). The largest absolute Gasteiger partial charge is 0.452 e. The maximum atomic E-state index is 12.8. The van der Waals surface area contributed by atoms with E-state index in [-0.39, 0.29) is 23.2 Å². The van der Waals surface area contributed by atoms with E-state index in [1.165, 1.54) is 18.2 Å². The van der Waals surface area contributed by atoms with Crippen molar-refractivity contribution in [2.45, 2.75) is 13.5 Å². The van der Waals surface area contributed by atoms with Gasteiger partial charge in [0.25, 0.3) is 17.7 Å². The van der Waals surface area contributed by atoms with Crippen molar-refractivity contribution in [2.24, 2.45) is 0 Å². The van der Waals surface area contributed by atoms with Gasteiger partial charge in [-0.3, -0.25) is 19.3 Å². The molecule has 1 heterocycles. The third-order valence-corrected chi connectivity index (χ3v) is 5.68. The molecule has 7 nitrogen and oxygen atoms in total. The standard InChI is InChI=1S/C25H19ClN2O5/c1-15-20(26)8-5-9-21(15)27-22(29)14-33-25(32)17-10-11-18-19(12-17)24(31)28(23(18)30)13-16-6-3-2-4-7-16/h2-12H,13-14H2,1H3,(H,27,29). The van der Waals surface area contributed by atoms with E-state index in [2.05, 4.69) is 5.32 Å². The number of carbonyl (C=O) groups is 4. The average Bonchev–Trinajstić information content (AvgIpc) is 3.05. The molecular weight excluding hydrogens is 444 g/mol. The Kier molecular flexibility index (Phi) is 6.24. The lowest BCUT2D eigenvalue weighted by atomic mass is 10.1. The Labute approximate surface area is 194 Å². The number of ether oxygens (including phenoxy) is 1. The van der Waals surface area contributed by atoms with E-state index in [4.69, 9.17) is 16.3 Å². The van der Waals surface area contributed by atoms with Gasteiger partial charge in [0.05, 0.1) is 23.2 Å². The van der Waals surface area contributed by atoms with Crippen LogP contribution in [0.1, 0.15) is 42.2 Å². The smallest absolute Gasteiger partial charge is 0.338 e. The second kappa shape index (κ2) is 9.26. The van der Waals surface area contributed by atoms with Gasteiger partial charge in [-0.1, -0.05) is 48.0 Å². The molecule has 0 unspecified atom stereocenters. The zero-order valence-electron chi connectivity index (χ0n) is 17.6. The normalized spacial score (nSPS) is 12.5. The first-order valence-corrected chi connectivity index (χ1v) is 10.5. The predicted octanol–water partition coefficient (Wildman–Crippen LogP) is 4.24. The zero-order valence-corrected chi connectivity index (χ0v) is 18.4. The van der Waals surface area contributed by atoms with E-state index in [1.54, 1.807) is 25.1 Å². The van der Waals surface area contributed by atoms with Crippen LogP contribution in [0.2, 0.25) is 5.02 Å². The summed E-state index contributed by atoms with van der Waals surface area (Å²) in [7, 11) is 0. The van der Waals surface area contributed by atoms with Crippen molar-refractivity contribution in [3.63, 3.8) is 0 Å². The number of hydrogen-bond acceptors (Lipinski definition) is 5. The van der Waals surface area contributed by atoms with E-state index in [0.717, 1.165) is 10.5 Å². The number of benzene rings is 3. The molecule has 3 aromatic carbocycles. The van der Waals surface area contributed by atoms with Crippen molar-refractivity contribution >= 4 is 41.0 Å². The van der Waals surface area contributed by atoms with E-state index >= 15 is 0 Å². The highest BCUT2D eigenvalue weighted by molar-refractivity contribution is 6.31. The first-order chi connectivity index (χ1) is 15.8. The fourth-order valence-electron chi connectivity index (χ4n) is 3.47. The predicted molar refractivity (Wildman–Crippen MR) is 122 cm³/mol. The van der Waals surface area contributed by atoms with Crippen LogP contribution >= 0.6 is 11.6 Å². The molecule has 0 atom stereocenters. The molecule has 8 heteroatoms. The second-order valence-corrected chi connectivity index (χ2v) is 7.89. The maximum absolute atomic E-state index is 12.8. The molecule has 3 amide bonds. The highest BCUT2D eigenvalue weighted by atomic mass is 35.5. The topological polar surface area (TPSA) is 92.8 Å². The third kappa shape index (κ3) is 4.63. The molecule has 33 heavy (non-hydrogen) atoms. The lowest BCUT2D eigenvalue weighted by Gasteiger charge is -2.13. The number of imide groups is 1. The number of carbonyl (C=O) groups excluding carboxylic acids is 4. The summed E-state index contributed by atoms with van der Waals surface area (Å²) in [5, 5.41) is 3.14. The van der Waals surface area contributed by atoms with Crippen LogP contribution in [-0.2, 0) is 16.1 Å². The molecule has 166 valence electrons. The molecule has 0 spiro atoms. The van der Waals surface area contributed by atoms with Gasteiger partial charge < -0.3 is 10.1 Å². The van der Waals surface area contributed by atoms with Crippen molar-refractivity contribution in [1.82, 2.24) is 4.90 Å². The molecule has 3 aromatic rings. The summed E-state index contributed by atoms with van der Waals surface area (Å²) >= 11 is 6.04. The first-order valence-electron chi connectivity index (χ1n) is 10.1. The Hall–Kier alpha value is -3.97. The van der Waals surface area contributed by atoms with Crippen LogP contribution < -0.4 is 5.32 Å². The number of hydrogen-bond donors (Lipinski definition) is 1. The van der Waals surface area contributed by atoms with Gasteiger partial charge in [-0.2, -0.15) is 0 Å². The monoisotopic (exact) mass is 462 g/mol. The minimum atomic E-state index is -0.780. The van der Waals surface area contributed by atoms with Crippen LogP contribution in [-0.4, -0.2) is 35.2 Å². The van der Waals surface area contributed by atoms with Gasteiger partial charge in [0.2, 0.25) is 0 Å². The quantitative estimate of drug-likeness (QED) is 0.437. The van der Waals surface area contributed by atoms with Crippen molar-refractivity contribution in [3.8, 4) is 0 Å². The molecular formula is C25H19ClN2O5. The Bertz CT molecular complexity index is 1270. The highest BCUT2D eigenvalue weighted by Crippen LogP contribution is 2.26. The molecule has 0 saturated carbocycles. The van der Waals surface area contributed by atoms with Gasteiger partial charge in [-0.05, 0) is 48.4 Å². The fourth-order valence-corrected chi connectivity index (χ4v) is 3.65. The molecule has 0 fully saturated rings. The minimum absolute atomic E-state index is 0.0724. The van der Waals surface area contributed by atoms with Crippen LogP contribution in [0.15, 0.2) is 66.7 Å². The van der Waals surface area contributed by atoms with Crippen LogP contribution in [0.25, 0.3) is 0 Å². The van der Waals surface area contributed by atoms with Crippen molar-refractivity contribution < 1.29 is 23.9 Å². The number of nitrogens with one attached hydrogen (secondary N) is 1. The second-order valence-electron chi connectivity index (χ2n) is 7.48. The van der Waals surface area contributed by atoms with E-state index < -0.39 is 30.3 Å². The lowest BCUT2D eigenvalue weighted by molar-refractivity contribution is -0.119. The van der Waals surface area contributed by atoms with Gasteiger partial charge in [-0.15, -0.1) is 0 Å². The van der Waals surface area contributed by atoms with Crippen molar-refractivity contribution in [3.05, 3.63) is 99.6 Å². The number of amides is 3. The fraction of sp³-hybridized carbons (Fsp3) is 0.120. The lowest BCUT2D eigenvalue weighted by Crippen LogP contribution is -2.29. The summed E-state index contributed by atoms with van der Waals surface area (Å²) in [4.78, 5) is 51.2.